The number of nitrogens with zero attached hydrogens (tertiary/aromatic N) is 3. The Hall–Kier alpha value is -2.49. The van der Waals surface area contributed by atoms with Gasteiger partial charge in [-0.15, -0.1) is 0 Å². The van der Waals surface area contributed by atoms with Gasteiger partial charge in [-0.2, -0.15) is 0 Å². The van der Waals surface area contributed by atoms with Crippen LogP contribution in [0.2, 0.25) is 0 Å². The van der Waals surface area contributed by atoms with E-state index in [2.05, 4.69) is 50.1 Å². The minimum Gasteiger partial charge on any atom is -0.376 e. The van der Waals surface area contributed by atoms with E-state index in [0.29, 0.717) is 24.7 Å². The number of nitrogens with one attached hydrogen (secondary N) is 1. The molecule has 2 atom stereocenters. The first-order valence-electron chi connectivity index (χ1n) is 11.6. The molecule has 1 aliphatic heterocycles. The predicted molar refractivity (Wildman–Crippen MR) is 127 cm³/mol. The number of benzene rings is 1. The van der Waals surface area contributed by atoms with E-state index in [4.69, 9.17) is 9.26 Å². The van der Waals surface area contributed by atoms with Gasteiger partial charge in [0.2, 0.25) is 10.0 Å². The van der Waals surface area contributed by atoms with Gasteiger partial charge in [0.25, 0.3) is 5.71 Å². The number of hydrogen-bond acceptors (Lipinski definition) is 7. The van der Waals surface area contributed by atoms with E-state index in [0.717, 1.165) is 43.3 Å². The quantitative estimate of drug-likeness (QED) is 0.565. The molecule has 9 heteroatoms. The molecule has 1 aromatic carbocycles. The number of sulfonamides is 1. The molecule has 3 heterocycles. The van der Waals surface area contributed by atoms with Crippen LogP contribution in [0.5, 0.6) is 0 Å². The number of pyridine rings is 1. The Kier molecular flexibility index (Phi) is 6.36. The summed E-state index contributed by atoms with van der Waals surface area (Å²) in [7, 11) is -3.33. The molecular formula is C24H30N4O4S. The number of fused-ring (bicyclic) bond motifs is 1. The maximum atomic E-state index is 12.0. The van der Waals surface area contributed by atoms with Crippen molar-refractivity contribution in [1.82, 2.24) is 14.9 Å². The molecule has 176 valence electrons. The molecule has 1 N–H and O–H groups in total. The summed E-state index contributed by atoms with van der Waals surface area (Å²) in [5.41, 5.74) is 2.82. The largest absolute Gasteiger partial charge is 0.376 e. The van der Waals surface area contributed by atoms with Crippen molar-refractivity contribution >= 4 is 26.8 Å². The summed E-state index contributed by atoms with van der Waals surface area (Å²) >= 11 is 0. The van der Waals surface area contributed by atoms with Gasteiger partial charge in [-0.3, -0.25) is 0 Å². The van der Waals surface area contributed by atoms with Gasteiger partial charge in [-0.05, 0) is 49.7 Å². The molecule has 8 nitrogen and oxygen atoms in total. The summed E-state index contributed by atoms with van der Waals surface area (Å²) in [5.74, 6) is 0.593. The molecule has 2 aliphatic rings. The van der Waals surface area contributed by atoms with Crippen LogP contribution in [-0.4, -0.2) is 56.2 Å². The van der Waals surface area contributed by atoms with Crippen molar-refractivity contribution in [1.29, 1.82) is 0 Å². The third-order valence-corrected chi connectivity index (χ3v) is 7.62. The molecule has 0 spiro atoms. The topological polar surface area (TPSA) is 97.6 Å². The summed E-state index contributed by atoms with van der Waals surface area (Å²) in [6.07, 6.45) is 9.79. The van der Waals surface area contributed by atoms with Crippen molar-refractivity contribution in [2.24, 2.45) is 0 Å². The highest BCUT2D eigenvalue weighted by molar-refractivity contribution is 7.88. The second-order valence-corrected chi connectivity index (χ2v) is 11.0. The van der Waals surface area contributed by atoms with E-state index in [1.54, 1.807) is 12.4 Å². The van der Waals surface area contributed by atoms with Crippen LogP contribution in [0.3, 0.4) is 0 Å². The van der Waals surface area contributed by atoms with Gasteiger partial charge in [0, 0.05) is 12.6 Å². The van der Waals surface area contributed by atoms with Gasteiger partial charge >= 0.3 is 0 Å². The normalized spacial score (nSPS) is 26.2. The van der Waals surface area contributed by atoms with Crippen molar-refractivity contribution in [3.63, 3.8) is 0 Å². The van der Waals surface area contributed by atoms with Crippen molar-refractivity contribution in [2.45, 2.75) is 56.2 Å². The lowest BCUT2D eigenvalue weighted by atomic mass is 9.83. The molecule has 5 rings (SSSR count). The maximum absolute atomic E-state index is 12.0. The van der Waals surface area contributed by atoms with Gasteiger partial charge < -0.3 is 14.2 Å². The first-order chi connectivity index (χ1) is 16.0. The standard InChI is InChI=1S/C24H30N4O4S/c1-33(29,30)27-22-11-12-28(20-13-19-14-26-32-24(19)25-15-20)23(22)16-31-21-9-7-18(8-10-21)17-5-3-2-4-6-17/h2-6,13-15,18,21-23,27H,7-12,16H2,1H3/t18-,21+,22-,23-/m0/s1. The average molecular weight is 471 g/mol. The van der Waals surface area contributed by atoms with Crippen LogP contribution in [0.1, 0.15) is 43.6 Å². The zero-order valence-corrected chi connectivity index (χ0v) is 19.6. The summed E-state index contributed by atoms with van der Waals surface area (Å²) in [6.45, 7) is 1.19. The van der Waals surface area contributed by atoms with E-state index in [-0.39, 0.29) is 18.2 Å². The smallest absolute Gasteiger partial charge is 0.257 e. The second-order valence-electron chi connectivity index (χ2n) is 9.18. The van der Waals surface area contributed by atoms with Crippen LogP contribution < -0.4 is 9.62 Å². The molecule has 2 aromatic heterocycles. The number of rotatable bonds is 7. The molecule has 0 radical (unpaired) electrons. The molecule has 0 unspecified atom stereocenters. The van der Waals surface area contributed by atoms with Gasteiger partial charge in [0.1, 0.15) is 0 Å². The van der Waals surface area contributed by atoms with E-state index < -0.39 is 10.0 Å². The maximum Gasteiger partial charge on any atom is 0.257 e. The molecule has 3 aromatic rings. The molecule has 2 fully saturated rings. The van der Waals surface area contributed by atoms with Crippen LogP contribution in [0, 0.1) is 0 Å². The Morgan fingerprint density at radius 3 is 2.67 bits per heavy atom. The minimum atomic E-state index is -3.33. The van der Waals surface area contributed by atoms with Gasteiger partial charge in [0.05, 0.1) is 48.5 Å². The molecule has 33 heavy (non-hydrogen) atoms. The molecule has 1 saturated carbocycles. The highest BCUT2D eigenvalue weighted by Gasteiger charge is 2.37. The molecule has 0 amide bonds. The monoisotopic (exact) mass is 470 g/mol. The lowest BCUT2D eigenvalue weighted by molar-refractivity contribution is 0.0157. The van der Waals surface area contributed by atoms with Gasteiger partial charge in [-0.1, -0.05) is 35.5 Å². The molecular weight excluding hydrogens is 440 g/mol. The number of hydrogen-bond donors (Lipinski definition) is 1. The average Bonchev–Trinajstić information content (AvgIpc) is 3.44. The van der Waals surface area contributed by atoms with Crippen molar-refractivity contribution in [3.8, 4) is 0 Å². The number of ether oxygens (including phenoxy) is 1. The number of aromatic nitrogens is 2. The number of anilines is 1. The lowest BCUT2D eigenvalue weighted by Crippen LogP contribution is -2.48. The van der Waals surface area contributed by atoms with Gasteiger partial charge in [0.15, 0.2) is 0 Å². The first kappa shape index (κ1) is 22.3. The molecule has 0 bridgehead atoms. The van der Waals surface area contributed by atoms with Crippen molar-refractivity contribution in [2.75, 3.05) is 24.3 Å². The summed E-state index contributed by atoms with van der Waals surface area (Å²) < 4.78 is 38.3. The van der Waals surface area contributed by atoms with Crippen LogP contribution in [0.25, 0.3) is 11.1 Å². The highest BCUT2D eigenvalue weighted by atomic mass is 32.2. The van der Waals surface area contributed by atoms with Crippen LogP contribution in [-0.2, 0) is 14.8 Å². The Morgan fingerprint density at radius 1 is 1.12 bits per heavy atom. The molecule has 1 aliphatic carbocycles. The highest BCUT2D eigenvalue weighted by Crippen LogP contribution is 2.35. The van der Waals surface area contributed by atoms with Crippen LogP contribution >= 0.6 is 0 Å². The minimum absolute atomic E-state index is 0.106. The van der Waals surface area contributed by atoms with Crippen LogP contribution in [0.15, 0.2) is 53.3 Å². The third-order valence-electron chi connectivity index (χ3n) is 6.89. The SMILES string of the molecule is CS(=O)(=O)N[C@H]1CCN(c2cnc3oncc3c2)[C@H]1CO[C@H]1CC[C@@H](c2ccccc2)CC1. The van der Waals surface area contributed by atoms with Gasteiger partial charge in [-0.25, -0.2) is 18.1 Å². The fourth-order valence-corrected chi connectivity index (χ4v) is 6.06. The Morgan fingerprint density at radius 2 is 1.91 bits per heavy atom. The Labute approximate surface area is 194 Å². The zero-order chi connectivity index (χ0) is 22.8. The second kappa shape index (κ2) is 9.40. The molecule has 1 saturated heterocycles. The Balaban J connectivity index is 1.26. The van der Waals surface area contributed by atoms with E-state index in [9.17, 15) is 8.42 Å². The first-order valence-corrected chi connectivity index (χ1v) is 13.5. The summed E-state index contributed by atoms with van der Waals surface area (Å²) in [4.78, 5) is 6.55. The predicted octanol–water partition coefficient (Wildman–Crippen LogP) is 3.46. The lowest BCUT2D eigenvalue weighted by Gasteiger charge is -2.33. The zero-order valence-electron chi connectivity index (χ0n) is 18.8. The van der Waals surface area contributed by atoms with E-state index in [1.807, 2.05) is 6.07 Å². The third kappa shape index (κ3) is 5.20. The van der Waals surface area contributed by atoms with E-state index in [1.165, 1.54) is 11.8 Å². The van der Waals surface area contributed by atoms with Crippen LogP contribution in [0.4, 0.5) is 5.69 Å². The van der Waals surface area contributed by atoms with Crippen molar-refractivity contribution in [3.05, 3.63) is 54.4 Å². The fourth-order valence-electron chi connectivity index (χ4n) is 5.23. The van der Waals surface area contributed by atoms with Crippen molar-refractivity contribution < 1.29 is 17.7 Å². The summed E-state index contributed by atoms with van der Waals surface area (Å²) in [6, 6.07) is 12.4. The fraction of sp³-hybridized carbons (Fsp3) is 0.500. The Bertz CT molecular complexity index is 1180. The summed E-state index contributed by atoms with van der Waals surface area (Å²) in [5, 5.41) is 4.63. The van der Waals surface area contributed by atoms with E-state index >= 15 is 0 Å².